The number of fused-ring (bicyclic) bond motifs is 2. The molecule has 2 aromatic carbocycles. The molecule has 2 aromatic heterocycles. The summed E-state index contributed by atoms with van der Waals surface area (Å²) in [7, 11) is 1.30. The predicted octanol–water partition coefficient (Wildman–Crippen LogP) is 4.51. The number of carbonyl (C=O) groups is 2. The summed E-state index contributed by atoms with van der Waals surface area (Å²) in [5, 5.41) is 8.12. The lowest BCUT2D eigenvalue weighted by Gasteiger charge is -2.17. The summed E-state index contributed by atoms with van der Waals surface area (Å²) in [6, 6.07) is 17.8. The van der Waals surface area contributed by atoms with Crippen molar-refractivity contribution < 1.29 is 14.3 Å². The Balaban J connectivity index is 1.47. The zero-order valence-corrected chi connectivity index (χ0v) is 17.9. The zero-order valence-electron chi connectivity index (χ0n) is 17.2. The van der Waals surface area contributed by atoms with Gasteiger partial charge in [0.2, 0.25) is 5.78 Å². The number of esters is 1. The monoisotopic (exact) mass is 446 g/mol. The molecule has 1 atom stereocenters. The maximum atomic E-state index is 13.5. The minimum atomic E-state index is -0.567. The van der Waals surface area contributed by atoms with Gasteiger partial charge in [-0.25, -0.2) is 9.48 Å². The quantitative estimate of drug-likeness (QED) is 0.368. The highest BCUT2D eigenvalue weighted by molar-refractivity contribution is 6.33. The van der Waals surface area contributed by atoms with Crippen molar-refractivity contribution in [3.05, 3.63) is 101 Å². The number of Topliss-reactive ketones (excluding diaryl/α,β-unsaturated/α-hetero) is 1. The van der Waals surface area contributed by atoms with Crippen molar-refractivity contribution in [2.45, 2.75) is 12.6 Å². The van der Waals surface area contributed by atoms with E-state index in [1.165, 1.54) is 7.11 Å². The summed E-state index contributed by atoms with van der Waals surface area (Å²) in [5.41, 5.74) is 4.15. The molecule has 0 bridgehead atoms. The van der Waals surface area contributed by atoms with Gasteiger partial charge in [-0.05, 0) is 48.0 Å². The molecule has 1 aliphatic rings. The van der Waals surface area contributed by atoms with Gasteiger partial charge in [0, 0.05) is 30.3 Å². The second-order valence-electron chi connectivity index (χ2n) is 7.46. The lowest BCUT2D eigenvalue weighted by Crippen LogP contribution is -2.23. The first-order valence-corrected chi connectivity index (χ1v) is 10.4. The van der Waals surface area contributed by atoms with E-state index >= 15 is 0 Å². The van der Waals surface area contributed by atoms with Gasteiger partial charge in [-0.15, -0.1) is 0 Å². The number of benzene rings is 2. The van der Waals surface area contributed by atoms with Crippen molar-refractivity contribution in [2.24, 2.45) is 0 Å². The Morgan fingerprint density at radius 2 is 1.94 bits per heavy atom. The van der Waals surface area contributed by atoms with Crippen LogP contribution in [0.5, 0.6) is 0 Å². The van der Waals surface area contributed by atoms with Crippen molar-refractivity contribution in [1.29, 1.82) is 0 Å². The molecular formula is C24H19ClN4O3. The number of hydrogen-bond acceptors (Lipinski definition) is 5. The molecule has 0 spiro atoms. The van der Waals surface area contributed by atoms with Crippen LogP contribution in [0.3, 0.4) is 0 Å². The molecule has 4 aromatic rings. The average molecular weight is 447 g/mol. The summed E-state index contributed by atoms with van der Waals surface area (Å²) in [4.78, 5) is 25.2. The van der Waals surface area contributed by atoms with Gasteiger partial charge in [-0.1, -0.05) is 29.8 Å². The Labute approximate surface area is 189 Å². The number of ether oxygens (including phenoxy) is 1. The summed E-state index contributed by atoms with van der Waals surface area (Å²) in [6.07, 6.45) is 3.67. The number of nitrogens with zero attached hydrogens (tertiary/aromatic N) is 3. The molecule has 0 aliphatic carbocycles. The van der Waals surface area contributed by atoms with Crippen LogP contribution in [0.4, 0.5) is 5.69 Å². The molecule has 0 saturated carbocycles. The Hall–Kier alpha value is -3.84. The minimum absolute atomic E-state index is 0.141. The number of nitrogens with one attached hydrogen (secondary N) is 1. The first-order valence-electron chi connectivity index (χ1n) is 10.0. The Morgan fingerprint density at radius 3 is 2.75 bits per heavy atom. The lowest BCUT2D eigenvalue weighted by molar-refractivity contribution is 0.0601. The van der Waals surface area contributed by atoms with Gasteiger partial charge in [0.05, 0.1) is 23.4 Å². The number of ketones is 1. The van der Waals surface area contributed by atoms with Crippen LogP contribution in [-0.2, 0) is 11.3 Å². The van der Waals surface area contributed by atoms with Gasteiger partial charge < -0.3 is 14.6 Å². The van der Waals surface area contributed by atoms with Crippen LogP contribution < -0.4 is 5.32 Å². The van der Waals surface area contributed by atoms with Gasteiger partial charge in [0.25, 0.3) is 0 Å². The first kappa shape index (κ1) is 20.1. The summed E-state index contributed by atoms with van der Waals surface area (Å²) in [5.74, 6) is -0.654. The van der Waals surface area contributed by atoms with Gasteiger partial charge in [-0.3, -0.25) is 4.79 Å². The topological polar surface area (TPSA) is 78.1 Å². The van der Waals surface area contributed by atoms with Crippen molar-refractivity contribution in [2.75, 3.05) is 12.4 Å². The molecule has 1 aliphatic heterocycles. The molecule has 32 heavy (non-hydrogen) atoms. The zero-order chi connectivity index (χ0) is 22.2. The van der Waals surface area contributed by atoms with Gasteiger partial charge in [0.1, 0.15) is 11.7 Å². The SMILES string of the molecule is COC(=O)c1ccc(-n2ccc(C(=O)C3Nc4ccccc4Cn4cccc43)n2)cc1Cl. The Kier molecular flexibility index (Phi) is 5.03. The molecule has 1 N–H and O–H groups in total. The van der Waals surface area contributed by atoms with Crippen molar-refractivity contribution in [3.63, 3.8) is 0 Å². The van der Waals surface area contributed by atoms with Crippen LogP contribution in [0.2, 0.25) is 5.02 Å². The fraction of sp³-hybridized carbons (Fsp3) is 0.125. The normalized spacial score (nSPS) is 14.6. The van der Waals surface area contributed by atoms with Crippen molar-refractivity contribution >= 4 is 29.0 Å². The number of aromatic nitrogens is 3. The molecular weight excluding hydrogens is 428 g/mol. The molecule has 3 heterocycles. The van der Waals surface area contributed by atoms with E-state index in [0.717, 1.165) is 16.9 Å². The third-order valence-electron chi connectivity index (χ3n) is 5.54. The summed E-state index contributed by atoms with van der Waals surface area (Å²) >= 11 is 6.23. The van der Waals surface area contributed by atoms with Crippen LogP contribution in [0.25, 0.3) is 5.69 Å². The number of rotatable bonds is 4. The molecule has 8 heteroatoms. The number of carbonyl (C=O) groups excluding carboxylic acids is 2. The minimum Gasteiger partial charge on any atom is -0.465 e. The van der Waals surface area contributed by atoms with Gasteiger partial charge in [-0.2, -0.15) is 5.10 Å². The predicted molar refractivity (Wildman–Crippen MR) is 121 cm³/mol. The molecule has 5 rings (SSSR count). The van der Waals surface area contributed by atoms with Crippen LogP contribution in [0.1, 0.15) is 38.1 Å². The van der Waals surface area contributed by atoms with E-state index in [0.29, 0.717) is 17.9 Å². The van der Waals surface area contributed by atoms with Crippen molar-refractivity contribution in [1.82, 2.24) is 14.3 Å². The number of hydrogen-bond donors (Lipinski definition) is 1. The van der Waals surface area contributed by atoms with E-state index in [4.69, 9.17) is 16.3 Å². The number of methoxy groups -OCH3 is 1. The third-order valence-corrected chi connectivity index (χ3v) is 5.86. The molecule has 0 fully saturated rings. The van der Waals surface area contributed by atoms with E-state index in [1.807, 2.05) is 36.5 Å². The third kappa shape index (κ3) is 3.46. The van der Waals surface area contributed by atoms with E-state index in [2.05, 4.69) is 21.0 Å². The van der Waals surface area contributed by atoms with Crippen LogP contribution in [-0.4, -0.2) is 33.2 Å². The van der Waals surface area contributed by atoms with Crippen LogP contribution in [0, 0.1) is 0 Å². The van der Waals surface area contributed by atoms with E-state index < -0.39 is 12.0 Å². The highest BCUT2D eigenvalue weighted by Gasteiger charge is 2.29. The summed E-state index contributed by atoms with van der Waals surface area (Å²) in [6.45, 7) is 0.689. The van der Waals surface area contributed by atoms with Gasteiger partial charge >= 0.3 is 5.97 Å². The smallest absolute Gasteiger partial charge is 0.339 e. The van der Waals surface area contributed by atoms with Crippen LogP contribution in [0.15, 0.2) is 73.1 Å². The largest absolute Gasteiger partial charge is 0.465 e. The second kappa shape index (κ2) is 8.01. The highest BCUT2D eigenvalue weighted by Crippen LogP contribution is 2.31. The number of anilines is 1. The van der Waals surface area contributed by atoms with Crippen LogP contribution >= 0.6 is 11.6 Å². The van der Waals surface area contributed by atoms with E-state index in [-0.39, 0.29) is 16.4 Å². The first-order chi connectivity index (χ1) is 15.5. The maximum Gasteiger partial charge on any atom is 0.339 e. The fourth-order valence-electron chi connectivity index (χ4n) is 3.91. The maximum absolute atomic E-state index is 13.5. The number of para-hydroxylation sites is 1. The molecule has 160 valence electrons. The molecule has 7 nitrogen and oxygen atoms in total. The average Bonchev–Trinajstić information content (AvgIpc) is 3.45. The lowest BCUT2D eigenvalue weighted by atomic mass is 10.1. The Morgan fingerprint density at radius 1 is 1.09 bits per heavy atom. The molecule has 1 unspecified atom stereocenters. The fourth-order valence-corrected chi connectivity index (χ4v) is 4.17. The standard InChI is InChI=1S/C24H19ClN4O3/c1-32-24(31)17-9-8-16(13-18(17)25)29-12-10-20(27-29)23(30)22-21-7-4-11-28(21)14-15-5-2-3-6-19(15)26-22/h2-13,22,26H,14H2,1H3. The van der Waals surface area contributed by atoms with E-state index in [9.17, 15) is 9.59 Å². The molecule has 0 amide bonds. The molecule has 0 radical (unpaired) electrons. The number of halogens is 1. The van der Waals surface area contributed by atoms with E-state index in [1.54, 1.807) is 35.1 Å². The Bertz CT molecular complexity index is 1340. The highest BCUT2D eigenvalue weighted by atomic mass is 35.5. The second-order valence-corrected chi connectivity index (χ2v) is 7.87. The van der Waals surface area contributed by atoms with Crippen molar-refractivity contribution in [3.8, 4) is 5.69 Å². The van der Waals surface area contributed by atoms with Gasteiger partial charge in [0.15, 0.2) is 0 Å². The summed E-state index contributed by atoms with van der Waals surface area (Å²) < 4.78 is 8.36. The molecule has 0 saturated heterocycles.